The van der Waals surface area contributed by atoms with E-state index in [1.165, 1.54) is 18.4 Å². The van der Waals surface area contributed by atoms with Crippen LogP contribution in [0, 0.1) is 6.92 Å². The number of carbonyl (C=O) groups excluding carboxylic acids is 1. The number of nitrogens with zero attached hydrogens (tertiary/aromatic N) is 1. The summed E-state index contributed by atoms with van der Waals surface area (Å²) in [5.74, 6) is 0.177. The van der Waals surface area contributed by atoms with E-state index in [2.05, 4.69) is 10.0 Å². The molecule has 0 aliphatic heterocycles. The number of hydrogen-bond acceptors (Lipinski definition) is 5. The molecule has 0 saturated heterocycles. The van der Waals surface area contributed by atoms with Crippen molar-refractivity contribution < 1.29 is 17.6 Å². The maximum Gasteiger partial charge on any atom is 0.251 e. The van der Waals surface area contributed by atoms with Gasteiger partial charge in [0, 0.05) is 31.9 Å². The maximum atomic E-state index is 12.7. The minimum absolute atomic E-state index is 0.0279. The molecule has 30 heavy (non-hydrogen) atoms. The average Bonchev–Trinajstić information content (AvgIpc) is 3.25. The van der Waals surface area contributed by atoms with Crippen molar-refractivity contribution in [2.75, 3.05) is 19.0 Å². The van der Waals surface area contributed by atoms with Crippen molar-refractivity contribution in [2.45, 2.75) is 24.9 Å². The number of anilines is 1. The van der Waals surface area contributed by atoms with Gasteiger partial charge in [0.2, 0.25) is 10.0 Å². The summed E-state index contributed by atoms with van der Waals surface area (Å²) < 4.78 is 32.8. The van der Waals surface area contributed by atoms with E-state index in [4.69, 9.17) is 4.42 Å². The molecule has 7 nitrogen and oxygen atoms in total. The Kier molecular flexibility index (Phi) is 6.59. The molecular formula is C22H25N3O4S. The first-order valence-corrected chi connectivity index (χ1v) is 10.9. The number of aryl methyl sites for hydroxylation is 1. The molecule has 3 aromatic rings. The molecule has 1 aromatic heterocycles. The van der Waals surface area contributed by atoms with E-state index in [0.717, 1.165) is 11.3 Å². The molecule has 8 heteroatoms. The van der Waals surface area contributed by atoms with Gasteiger partial charge < -0.3 is 14.6 Å². The van der Waals surface area contributed by atoms with Gasteiger partial charge in [0.1, 0.15) is 5.76 Å². The quantitative estimate of drug-likeness (QED) is 0.577. The molecule has 3 rings (SSSR count). The summed E-state index contributed by atoms with van der Waals surface area (Å²) in [4.78, 5) is 14.7. The molecule has 2 aromatic carbocycles. The van der Waals surface area contributed by atoms with E-state index >= 15 is 0 Å². The molecule has 2 N–H and O–H groups in total. The molecule has 0 aliphatic rings. The zero-order valence-corrected chi connectivity index (χ0v) is 18.0. The molecule has 0 bridgehead atoms. The van der Waals surface area contributed by atoms with Crippen LogP contribution >= 0.6 is 0 Å². The van der Waals surface area contributed by atoms with E-state index in [9.17, 15) is 13.2 Å². The van der Waals surface area contributed by atoms with Gasteiger partial charge in [-0.15, -0.1) is 0 Å². The summed E-state index contributed by atoms with van der Waals surface area (Å²) in [6, 6.07) is 15.7. The molecule has 0 radical (unpaired) electrons. The fourth-order valence-corrected chi connectivity index (χ4v) is 3.88. The van der Waals surface area contributed by atoms with E-state index in [-0.39, 0.29) is 17.3 Å². The zero-order valence-electron chi connectivity index (χ0n) is 17.2. The third kappa shape index (κ3) is 5.28. The lowest BCUT2D eigenvalue weighted by Gasteiger charge is -2.13. The van der Waals surface area contributed by atoms with Crippen molar-refractivity contribution in [1.82, 2.24) is 10.0 Å². The first-order valence-electron chi connectivity index (χ1n) is 9.43. The number of rotatable bonds is 8. The van der Waals surface area contributed by atoms with Gasteiger partial charge in [-0.05, 0) is 54.4 Å². The molecule has 0 fully saturated rings. The predicted octanol–water partition coefficient (Wildman–Crippen LogP) is 3.06. The van der Waals surface area contributed by atoms with Gasteiger partial charge in [-0.2, -0.15) is 0 Å². The summed E-state index contributed by atoms with van der Waals surface area (Å²) in [5, 5.41) is 2.86. The lowest BCUT2D eigenvalue weighted by molar-refractivity contribution is 0.0950. The highest BCUT2D eigenvalue weighted by atomic mass is 32.2. The smallest absolute Gasteiger partial charge is 0.251 e. The Morgan fingerprint density at radius 1 is 1.03 bits per heavy atom. The Morgan fingerprint density at radius 3 is 2.40 bits per heavy atom. The van der Waals surface area contributed by atoms with Crippen LogP contribution in [0.5, 0.6) is 0 Å². The number of nitrogens with one attached hydrogen (secondary N) is 2. The molecule has 1 amide bonds. The Hall–Kier alpha value is -3.10. The van der Waals surface area contributed by atoms with E-state index in [1.54, 1.807) is 25.1 Å². The first kappa shape index (κ1) is 21.6. The van der Waals surface area contributed by atoms with Gasteiger partial charge in [0.15, 0.2) is 0 Å². The number of amides is 1. The lowest BCUT2D eigenvalue weighted by Crippen LogP contribution is -2.26. The largest absolute Gasteiger partial charge is 0.468 e. The SMILES string of the molecule is Cc1ccc(S(=O)(=O)NCc2ccco2)cc1C(=O)NCc1ccc(N(C)C)cc1. The number of sulfonamides is 1. The standard InChI is InChI=1S/C22H25N3O4S/c1-16-6-11-20(30(27,28)24-15-19-5-4-12-29-19)13-21(16)22(26)23-14-17-7-9-18(10-8-17)25(2)3/h4-13,24H,14-15H2,1-3H3,(H,23,26). The van der Waals surface area contributed by atoms with Gasteiger partial charge in [-0.3, -0.25) is 4.79 Å². The molecular weight excluding hydrogens is 402 g/mol. The summed E-state index contributed by atoms with van der Waals surface area (Å²) >= 11 is 0. The minimum Gasteiger partial charge on any atom is -0.468 e. The van der Waals surface area contributed by atoms with Crippen molar-refractivity contribution in [3.8, 4) is 0 Å². The van der Waals surface area contributed by atoms with Crippen LogP contribution in [0.2, 0.25) is 0 Å². The van der Waals surface area contributed by atoms with Crippen molar-refractivity contribution in [2.24, 2.45) is 0 Å². The number of carbonyl (C=O) groups is 1. The van der Waals surface area contributed by atoms with Crippen LogP contribution < -0.4 is 14.9 Å². The van der Waals surface area contributed by atoms with Crippen molar-refractivity contribution >= 4 is 21.6 Å². The summed E-state index contributed by atoms with van der Waals surface area (Å²) in [5.41, 5.74) is 3.04. The summed E-state index contributed by atoms with van der Waals surface area (Å²) in [6.45, 7) is 2.15. The topological polar surface area (TPSA) is 91.6 Å². The van der Waals surface area contributed by atoms with Crippen LogP contribution in [0.4, 0.5) is 5.69 Å². The zero-order chi connectivity index (χ0) is 21.7. The van der Waals surface area contributed by atoms with Crippen molar-refractivity contribution in [3.05, 3.63) is 83.3 Å². The Morgan fingerprint density at radius 2 is 1.77 bits per heavy atom. The highest BCUT2D eigenvalue weighted by Gasteiger charge is 2.18. The van der Waals surface area contributed by atoms with Crippen LogP contribution in [0.15, 0.2) is 70.2 Å². The second-order valence-electron chi connectivity index (χ2n) is 7.12. The van der Waals surface area contributed by atoms with Gasteiger partial charge in [0.05, 0.1) is 17.7 Å². The maximum absolute atomic E-state index is 12.7. The van der Waals surface area contributed by atoms with Crippen molar-refractivity contribution in [1.29, 1.82) is 0 Å². The molecule has 0 saturated carbocycles. The summed E-state index contributed by atoms with van der Waals surface area (Å²) in [6.07, 6.45) is 1.48. The number of hydrogen-bond donors (Lipinski definition) is 2. The van der Waals surface area contributed by atoms with Crippen LogP contribution in [0.25, 0.3) is 0 Å². The molecule has 158 valence electrons. The van der Waals surface area contributed by atoms with Crippen molar-refractivity contribution in [3.63, 3.8) is 0 Å². The summed E-state index contributed by atoms with van der Waals surface area (Å²) in [7, 11) is 0.141. The molecule has 0 spiro atoms. The van der Waals surface area contributed by atoms with Gasteiger partial charge in [0.25, 0.3) is 5.91 Å². The second kappa shape index (κ2) is 9.15. The Bertz CT molecular complexity index is 1110. The fraction of sp³-hybridized carbons (Fsp3) is 0.227. The van der Waals surface area contributed by atoms with E-state index in [1.807, 2.05) is 43.3 Å². The van der Waals surface area contributed by atoms with Crippen LogP contribution in [0.1, 0.15) is 27.2 Å². The first-order chi connectivity index (χ1) is 14.3. The lowest BCUT2D eigenvalue weighted by atomic mass is 10.1. The Balaban J connectivity index is 1.69. The Labute approximate surface area is 176 Å². The fourth-order valence-electron chi connectivity index (χ4n) is 2.87. The second-order valence-corrected chi connectivity index (χ2v) is 8.89. The minimum atomic E-state index is -3.78. The monoisotopic (exact) mass is 427 g/mol. The molecule has 0 unspecified atom stereocenters. The number of benzene rings is 2. The van der Waals surface area contributed by atoms with Gasteiger partial charge in [-0.25, -0.2) is 13.1 Å². The van der Waals surface area contributed by atoms with E-state index in [0.29, 0.717) is 23.4 Å². The average molecular weight is 428 g/mol. The third-order valence-electron chi connectivity index (χ3n) is 4.69. The molecule has 0 atom stereocenters. The van der Waals surface area contributed by atoms with Gasteiger partial charge >= 0.3 is 0 Å². The molecule has 1 heterocycles. The van der Waals surface area contributed by atoms with Crippen LogP contribution in [-0.4, -0.2) is 28.4 Å². The van der Waals surface area contributed by atoms with E-state index < -0.39 is 10.0 Å². The highest BCUT2D eigenvalue weighted by Crippen LogP contribution is 2.17. The normalized spacial score (nSPS) is 11.3. The van der Waals surface area contributed by atoms with Crippen LogP contribution in [-0.2, 0) is 23.1 Å². The molecule has 0 aliphatic carbocycles. The van der Waals surface area contributed by atoms with Crippen LogP contribution in [0.3, 0.4) is 0 Å². The van der Waals surface area contributed by atoms with Gasteiger partial charge in [-0.1, -0.05) is 18.2 Å². The predicted molar refractivity (Wildman–Crippen MR) is 116 cm³/mol. The number of furan rings is 1. The third-order valence-corrected chi connectivity index (χ3v) is 6.09. The highest BCUT2D eigenvalue weighted by molar-refractivity contribution is 7.89.